The molecule has 0 aliphatic rings. The molecule has 1 aromatic heterocycles. The number of oxazole rings is 1. The molecular weight excluding hydrogens is 342 g/mol. The Morgan fingerprint density at radius 3 is 2.60 bits per heavy atom. The van der Waals surface area contributed by atoms with E-state index in [2.05, 4.69) is 15.0 Å². The van der Waals surface area contributed by atoms with Crippen molar-refractivity contribution >= 4 is 38.4 Å². The van der Waals surface area contributed by atoms with Gasteiger partial charge in [-0.3, -0.25) is 9.52 Å². The van der Waals surface area contributed by atoms with E-state index >= 15 is 0 Å². The van der Waals surface area contributed by atoms with Crippen LogP contribution in [0.25, 0.3) is 11.1 Å². The quantitative estimate of drug-likeness (QED) is 0.745. The minimum atomic E-state index is -3.50. The van der Waals surface area contributed by atoms with Crippen LogP contribution in [0.4, 0.5) is 11.4 Å². The highest BCUT2D eigenvalue weighted by atomic mass is 32.2. The molecule has 0 saturated heterocycles. The van der Waals surface area contributed by atoms with Crippen LogP contribution >= 0.6 is 0 Å². The first-order chi connectivity index (χ1) is 11.7. The first-order valence-corrected chi connectivity index (χ1v) is 9.37. The maximum atomic E-state index is 12.6. The molecule has 0 atom stereocenters. The number of nitrogens with one attached hydrogen (secondary N) is 2. The molecule has 8 heteroatoms. The number of fused-ring (bicyclic) bond motifs is 1. The van der Waals surface area contributed by atoms with E-state index in [1.807, 2.05) is 6.92 Å². The van der Waals surface area contributed by atoms with Crippen LogP contribution in [0.2, 0.25) is 0 Å². The lowest BCUT2D eigenvalue weighted by molar-refractivity contribution is 0.102. The van der Waals surface area contributed by atoms with E-state index in [-0.39, 0.29) is 11.3 Å². The summed E-state index contributed by atoms with van der Waals surface area (Å²) >= 11 is 0. The molecular formula is C17H17N3O4S. The summed E-state index contributed by atoms with van der Waals surface area (Å²) in [6, 6.07) is 10.0. The average Bonchev–Trinajstić information content (AvgIpc) is 2.87. The van der Waals surface area contributed by atoms with Gasteiger partial charge in [0, 0.05) is 18.7 Å². The van der Waals surface area contributed by atoms with E-state index in [1.165, 1.54) is 0 Å². The Bertz CT molecular complexity index is 1070. The van der Waals surface area contributed by atoms with Gasteiger partial charge in [-0.1, -0.05) is 11.6 Å². The smallest absolute Gasteiger partial charge is 0.257 e. The van der Waals surface area contributed by atoms with Crippen LogP contribution < -0.4 is 10.0 Å². The fourth-order valence-corrected chi connectivity index (χ4v) is 3.03. The molecule has 7 nitrogen and oxygen atoms in total. The van der Waals surface area contributed by atoms with Crippen molar-refractivity contribution in [3.8, 4) is 0 Å². The molecule has 25 heavy (non-hydrogen) atoms. The summed E-state index contributed by atoms with van der Waals surface area (Å²) in [4.78, 5) is 16.8. The lowest BCUT2D eigenvalue weighted by atomic mass is 10.1. The molecule has 1 heterocycles. The number of rotatable bonds is 4. The van der Waals surface area contributed by atoms with Gasteiger partial charge in [-0.25, -0.2) is 13.4 Å². The molecule has 1 amide bonds. The second-order valence-corrected chi connectivity index (χ2v) is 7.54. The molecule has 0 fully saturated rings. The van der Waals surface area contributed by atoms with Gasteiger partial charge < -0.3 is 9.73 Å². The van der Waals surface area contributed by atoms with Gasteiger partial charge >= 0.3 is 0 Å². The number of aryl methyl sites for hydroxylation is 2. The molecule has 2 N–H and O–H groups in total. The van der Waals surface area contributed by atoms with Crippen molar-refractivity contribution in [2.24, 2.45) is 0 Å². The Morgan fingerprint density at radius 2 is 1.88 bits per heavy atom. The van der Waals surface area contributed by atoms with E-state index in [1.54, 1.807) is 43.3 Å². The summed E-state index contributed by atoms with van der Waals surface area (Å²) in [5, 5.41) is 2.75. The van der Waals surface area contributed by atoms with Crippen LogP contribution in [0.5, 0.6) is 0 Å². The van der Waals surface area contributed by atoms with E-state index in [0.717, 1.165) is 11.8 Å². The lowest BCUT2D eigenvalue weighted by Gasteiger charge is -2.12. The lowest BCUT2D eigenvalue weighted by Crippen LogP contribution is -2.17. The summed E-state index contributed by atoms with van der Waals surface area (Å²) in [7, 11) is -3.50. The van der Waals surface area contributed by atoms with Crippen LogP contribution in [-0.4, -0.2) is 25.6 Å². The number of nitrogens with zero attached hydrogens (tertiary/aromatic N) is 1. The molecule has 2 aromatic carbocycles. The molecule has 0 spiro atoms. The van der Waals surface area contributed by atoms with Crippen molar-refractivity contribution in [2.75, 3.05) is 16.3 Å². The van der Waals surface area contributed by atoms with Crippen molar-refractivity contribution in [3.63, 3.8) is 0 Å². The van der Waals surface area contributed by atoms with Crippen LogP contribution in [0.15, 0.2) is 40.8 Å². The highest BCUT2D eigenvalue weighted by Gasteiger charge is 2.15. The second kappa shape index (κ2) is 6.21. The zero-order valence-electron chi connectivity index (χ0n) is 14.0. The standard InChI is InChI=1S/C17H17N3O4S/c1-10-4-6-14(20-25(3,22)23)13(8-10)17(21)19-12-5-7-15-16(9-12)24-11(2)18-15/h4-9,20H,1-3H3,(H,19,21). The minimum Gasteiger partial charge on any atom is -0.441 e. The van der Waals surface area contributed by atoms with Gasteiger partial charge in [0.25, 0.3) is 5.91 Å². The molecule has 0 unspecified atom stereocenters. The molecule has 3 rings (SSSR count). The maximum Gasteiger partial charge on any atom is 0.257 e. The zero-order chi connectivity index (χ0) is 18.2. The van der Waals surface area contributed by atoms with E-state index in [4.69, 9.17) is 4.42 Å². The number of benzene rings is 2. The number of anilines is 2. The van der Waals surface area contributed by atoms with Crippen molar-refractivity contribution < 1.29 is 17.6 Å². The SMILES string of the molecule is Cc1ccc(NS(C)(=O)=O)c(C(=O)Nc2ccc3nc(C)oc3c2)c1. The van der Waals surface area contributed by atoms with Crippen LogP contribution in [0.3, 0.4) is 0 Å². The monoisotopic (exact) mass is 359 g/mol. The number of amides is 1. The number of hydrogen-bond acceptors (Lipinski definition) is 5. The normalized spacial score (nSPS) is 11.5. The number of carbonyl (C=O) groups is 1. The summed E-state index contributed by atoms with van der Waals surface area (Å²) in [5.74, 6) is 0.113. The highest BCUT2D eigenvalue weighted by molar-refractivity contribution is 7.92. The van der Waals surface area contributed by atoms with E-state index in [0.29, 0.717) is 22.7 Å². The average molecular weight is 359 g/mol. The predicted molar refractivity (Wildman–Crippen MR) is 96.3 cm³/mol. The molecule has 0 aliphatic heterocycles. The second-order valence-electron chi connectivity index (χ2n) is 5.79. The fourth-order valence-electron chi connectivity index (χ4n) is 2.45. The first kappa shape index (κ1) is 17.0. The van der Waals surface area contributed by atoms with Gasteiger partial charge in [-0.2, -0.15) is 0 Å². The number of sulfonamides is 1. The molecule has 0 bridgehead atoms. The Hall–Kier alpha value is -2.87. The van der Waals surface area contributed by atoms with Gasteiger partial charge in [-0.05, 0) is 31.2 Å². The Labute approximate surface area is 145 Å². The van der Waals surface area contributed by atoms with Crippen molar-refractivity contribution in [2.45, 2.75) is 13.8 Å². The third-order valence-electron chi connectivity index (χ3n) is 3.47. The third kappa shape index (κ3) is 3.97. The number of aromatic nitrogens is 1. The summed E-state index contributed by atoms with van der Waals surface area (Å²) in [6.07, 6.45) is 1.04. The van der Waals surface area contributed by atoms with Crippen molar-refractivity contribution in [1.82, 2.24) is 4.98 Å². The molecule has 0 radical (unpaired) electrons. The van der Waals surface area contributed by atoms with Crippen molar-refractivity contribution in [3.05, 3.63) is 53.4 Å². The topological polar surface area (TPSA) is 101 Å². The highest BCUT2D eigenvalue weighted by Crippen LogP contribution is 2.23. The Morgan fingerprint density at radius 1 is 1.12 bits per heavy atom. The molecule has 130 valence electrons. The van der Waals surface area contributed by atoms with E-state index in [9.17, 15) is 13.2 Å². The van der Waals surface area contributed by atoms with Gasteiger partial charge in [0.15, 0.2) is 11.5 Å². The number of carbonyl (C=O) groups excluding carboxylic acids is 1. The summed E-state index contributed by atoms with van der Waals surface area (Å²) in [6.45, 7) is 3.57. The molecule has 3 aromatic rings. The van der Waals surface area contributed by atoms with Gasteiger partial charge in [0.1, 0.15) is 5.52 Å². The van der Waals surface area contributed by atoms with E-state index < -0.39 is 15.9 Å². The first-order valence-electron chi connectivity index (χ1n) is 7.48. The third-order valence-corrected chi connectivity index (χ3v) is 4.06. The zero-order valence-corrected chi connectivity index (χ0v) is 14.8. The predicted octanol–water partition coefficient (Wildman–Crippen LogP) is 3.07. The summed E-state index contributed by atoms with van der Waals surface area (Å²) in [5.41, 5.74) is 3.09. The Balaban J connectivity index is 1.92. The van der Waals surface area contributed by atoms with Gasteiger partial charge in [0.2, 0.25) is 10.0 Å². The van der Waals surface area contributed by atoms with Crippen LogP contribution in [0.1, 0.15) is 21.8 Å². The van der Waals surface area contributed by atoms with Crippen molar-refractivity contribution in [1.29, 1.82) is 0 Å². The minimum absolute atomic E-state index is 0.224. The largest absolute Gasteiger partial charge is 0.441 e. The summed E-state index contributed by atoms with van der Waals surface area (Å²) < 4.78 is 30.8. The van der Waals surface area contributed by atoms with Gasteiger partial charge in [-0.15, -0.1) is 0 Å². The number of hydrogen-bond donors (Lipinski definition) is 2. The molecule has 0 saturated carbocycles. The van der Waals surface area contributed by atoms with Crippen LogP contribution in [0, 0.1) is 13.8 Å². The van der Waals surface area contributed by atoms with Gasteiger partial charge in [0.05, 0.1) is 17.5 Å². The molecule has 0 aliphatic carbocycles. The van der Waals surface area contributed by atoms with Crippen LogP contribution in [-0.2, 0) is 10.0 Å². The Kier molecular flexibility index (Phi) is 4.22. The fraction of sp³-hybridized carbons (Fsp3) is 0.176. The maximum absolute atomic E-state index is 12.6.